The molecule has 2 rings (SSSR count). The Labute approximate surface area is 119 Å². The van der Waals surface area contributed by atoms with Crippen LogP contribution in [0.1, 0.15) is 10.5 Å². The first-order valence-corrected chi connectivity index (χ1v) is 5.90. The molecular weight excluding hydrogens is 287 g/mol. The van der Waals surface area contributed by atoms with Gasteiger partial charge >= 0.3 is 5.97 Å². The number of methoxy groups -OCH3 is 2. The van der Waals surface area contributed by atoms with Gasteiger partial charge in [0.05, 0.1) is 24.9 Å². The SMILES string of the molecule is COC(=O)c1nnc(-c2ccc(F)cc2Cl)cc1OC. The molecule has 1 aromatic heterocycles. The van der Waals surface area contributed by atoms with Crippen molar-refractivity contribution in [2.45, 2.75) is 0 Å². The first-order valence-electron chi connectivity index (χ1n) is 5.52. The van der Waals surface area contributed by atoms with Gasteiger partial charge in [-0.3, -0.25) is 0 Å². The van der Waals surface area contributed by atoms with Crippen LogP contribution in [0.25, 0.3) is 11.3 Å². The number of carbonyl (C=O) groups excluding carboxylic acids is 1. The minimum Gasteiger partial charge on any atom is -0.494 e. The monoisotopic (exact) mass is 296 g/mol. The smallest absolute Gasteiger partial charge is 0.362 e. The van der Waals surface area contributed by atoms with Crippen molar-refractivity contribution in [1.82, 2.24) is 10.2 Å². The molecule has 0 aliphatic heterocycles. The predicted octanol–water partition coefficient (Wildman–Crippen LogP) is 2.73. The van der Waals surface area contributed by atoms with Crippen molar-refractivity contribution >= 4 is 17.6 Å². The van der Waals surface area contributed by atoms with Crippen LogP contribution < -0.4 is 4.74 Å². The highest BCUT2D eigenvalue weighted by atomic mass is 35.5. The Hall–Kier alpha value is -2.21. The first kappa shape index (κ1) is 14.2. The van der Waals surface area contributed by atoms with Crippen LogP contribution in [-0.2, 0) is 4.74 Å². The van der Waals surface area contributed by atoms with Gasteiger partial charge in [0.15, 0.2) is 5.75 Å². The Balaban J connectivity index is 2.51. The van der Waals surface area contributed by atoms with Crippen molar-refractivity contribution in [2.75, 3.05) is 14.2 Å². The summed E-state index contributed by atoms with van der Waals surface area (Å²) in [7, 11) is 2.62. The Morgan fingerprint density at radius 3 is 2.60 bits per heavy atom. The fourth-order valence-electron chi connectivity index (χ4n) is 1.60. The number of benzene rings is 1. The maximum absolute atomic E-state index is 13.0. The van der Waals surface area contributed by atoms with Gasteiger partial charge in [-0.2, -0.15) is 0 Å². The van der Waals surface area contributed by atoms with Crippen LogP contribution in [0.5, 0.6) is 5.75 Å². The van der Waals surface area contributed by atoms with Gasteiger partial charge in [0.2, 0.25) is 5.69 Å². The van der Waals surface area contributed by atoms with Crippen LogP contribution in [0.2, 0.25) is 5.02 Å². The molecule has 5 nitrogen and oxygen atoms in total. The van der Waals surface area contributed by atoms with Gasteiger partial charge in [0, 0.05) is 11.6 Å². The van der Waals surface area contributed by atoms with E-state index in [9.17, 15) is 9.18 Å². The number of ether oxygens (including phenoxy) is 2. The predicted molar refractivity (Wildman–Crippen MR) is 70.3 cm³/mol. The van der Waals surface area contributed by atoms with E-state index in [0.29, 0.717) is 11.3 Å². The van der Waals surface area contributed by atoms with Crippen molar-refractivity contribution in [3.63, 3.8) is 0 Å². The van der Waals surface area contributed by atoms with E-state index in [0.717, 1.165) is 0 Å². The summed E-state index contributed by atoms with van der Waals surface area (Å²) in [6.07, 6.45) is 0. The Kier molecular flexibility index (Phi) is 4.14. The molecule has 0 aliphatic rings. The van der Waals surface area contributed by atoms with Crippen molar-refractivity contribution < 1.29 is 18.7 Å². The zero-order chi connectivity index (χ0) is 14.7. The minimum atomic E-state index is -0.661. The normalized spacial score (nSPS) is 10.2. The van der Waals surface area contributed by atoms with Gasteiger partial charge in [-0.25, -0.2) is 9.18 Å². The van der Waals surface area contributed by atoms with E-state index >= 15 is 0 Å². The highest BCUT2D eigenvalue weighted by Crippen LogP contribution is 2.29. The molecule has 0 unspecified atom stereocenters. The second-order valence-corrected chi connectivity index (χ2v) is 4.17. The molecule has 7 heteroatoms. The van der Waals surface area contributed by atoms with Crippen molar-refractivity contribution in [2.24, 2.45) is 0 Å². The Bertz CT molecular complexity index is 664. The standard InChI is InChI=1S/C13H10ClFN2O3/c1-19-11-6-10(16-17-12(11)13(18)20-2)8-4-3-7(15)5-9(8)14/h3-6H,1-2H3. The minimum absolute atomic E-state index is 0.0445. The van der Waals surface area contributed by atoms with Gasteiger partial charge in [0.1, 0.15) is 5.82 Å². The average Bonchev–Trinajstić information content (AvgIpc) is 2.46. The molecule has 0 saturated heterocycles. The lowest BCUT2D eigenvalue weighted by atomic mass is 10.1. The van der Waals surface area contributed by atoms with Crippen LogP contribution >= 0.6 is 11.6 Å². The van der Waals surface area contributed by atoms with Gasteiger partial charge in [-0.15, -0.1) is 10.2 Å². The Morgan fingerprint density at radius 2 is 2.00 bits per heavy atom. The molecule has 0 saturated carbocycles. The highest BCUT2D eigenvalue weighted by molar-refractivity contribution is 6.33. The molecule has 0 radical (unpaired) electrons. The number of aromatic nitrogens is 2. The van der Waals surface area contributed by atoms with Crippen LogP contribution in [0.3, 0.4) is 0 Å². The third kappa shape index (κ3) is 2.70. The lowest BCUT2D eigenvalue weighted by Gasteiger charge is -2.08. The molecule has 104 valence electrons. The lowest BCUT2D eigenvalue weighted by molar-refractivity contribution is 0.0588. The van der Waals surface area contributed by atoms with Crippen LogP contribution in [0.4, 0.5) is 4.39 Å². The number of hydrogen-bond acceptors (Lipinski definition) is 5. The first-order chi connectivity index (χ1) is 9.56. The summed E-state index contributed by atoms with van der Waals surface area (Å²) in [5, 5.41) is 7.82. The maximum atomic E-state index is 13.0. The fraction of sp³-hybridized carbons (Fsp3) is 0.154. The van der Waals surface area contributed by atoms with E-state index in [4.69, 9.17) is 16.3 Å². The fourth-order valence-corrected chi connectivity index (χ4v) is 1.86. The summed E-state index contributed by atoms with van der Waals surface area (Å²) in [5.41, 5.74) is 0.798. The van der Waals surface area contributed by atoms with E-state index < -0.39 is 11.8 Å². The van der Waals surface area contributed by atoms with Gasteiger partial charge in [-0.1, -0.05) is 11.6 Å². The molecule has 0 atom stereocenters. The van der Waals surface area contributed by atoms with E-state index in [-0.39, 0.29) is 16.5 Å². The second kappa shape index (κ2) is 5.83. The summed E-state index contributed by atoms with van der Waals surface area (Å²) < 4.78 is 22.7. The summed E-state index contributed by atoms with van der Waals surface area (Å²) in [6.45, 7) is 0. The molecule has 0 N–H and O–H groups in total. The van der Waals surface area contributed by atoms with Crippen molar-refractivity contribution in [1.29, 1.82) is 0 Å². The van der Waals surface area contributed by atoms with Crippen LogP contribution in [0, 0.1) is 5.82 Å². The molecule has 1 heterocycles. The van der Waals surface area contributed by atoms with Crippen molar-refractivity contribution in [3.05, 3.63) is 40.8 Å². The number of carbonyl (C=O) groups is 1. The maximum Gasteiger partial charge on any atom is 0.362 e. The average molecular weight is 297 g/mol. The van der Waals surface area contributed by atoms with Crippen LogP contribution in [-0.4, -0.2) is 30.4 Å². The molecule has 20 heavy (non-hydrogen) atoms. The number of rotatable bonds is 3. The Morgan fingerprint density at radius 1 is 1.25 bits per heavy atom. The van der Waals surface area contributed by atoms with Gasteiger partial charge in [-0.05, 0) is 18.2 Å². The molecule has 1 aromatic carbocycles. The van der Waals surface area contributed by atoms with Gasteiger partial charge < -0.3 is 9.47 Å². The molecule has 0 amide bonds. The van der Waals surface area contributed by atoms with Gasteiger partial charge in [0.25, 0.3) is 0 Å². The zero-order valence-corrected chi connectivity index (χ0v) is 11.4. The number of esters is 1. The zero-order valence-electron chi connectivity index (χ0n) is 10.7. The van der Waals surface area contributed by atoms with E-state index in [1.54, 1.807) is 0 Å². The molecular formula is C13H10ClFN2O3. The quantitative estimate of drug-likeness (QED) is 0.815. The van der Waals surface area contributed by atoms with Crippen molar-refractivity contribution in [3.8, 4) is 17.0 Å². The number of hydrogen-bond donors (Lipinski definition) is 0. The third-order valence-corrected chi connectivity index (χ3v) is 2.88. The summed E-state index contributed by atoms with van der Waals surface area (Å²) in [4.78, 5) is 11.5. The van der Waals surface area contributed by atoms with E-state index in [1.165, 1.54) is 38.5 Å². The third-order valence-electron chi connectivity index (χ3n) is 2.56. The van der Waals surface area contributed by atoms with Crippen LogP contribution in [0.15, 0.2) is 24.3 Å². The lowest BCUT2D eigenvalue weighted by Crippen LogP contribution is -2.08. The highest BCUT2D eigenvalue weighted by Gasteiger charge is 2.18. The second-order valence-electron chi connectivity index (χ2n) is 3.76. The molecule has 2 aromatic rings. The topological polar surface area (TPSA) is 61.3 Å². The number of halogens is 2. The molecule has 0 spiro atoms. The molecule has 0 bridgehead atoms. The summed E-state index contributed by atoms with van der Waals surface area (Å²) in [6, 6.07) is 5.38. The van der Waals surface area contributed by atoms with E-state index in [2.05, 4.69) is 14.9 Å². The molecule has 0 fully saturated rings. The largest absolute Gasteiger partial charge is 0.494 e. The number of nitrogens with zero attached hydrogens (tertiary/aromatic N) is 2. The summed E-state index contributed by atoms with van der Waals surface area (Å²) in [5.74, 6) is -0.918. The molecule has 0 aliphatic carbocycles. The van der Waals surface area contributed by atoms with E-state index in [1.807, 2.05) is 0 Å². The summed E-state index contributed by atoms with van der Waals surface area (Å²) >= 11 is 5.95.